The number of carbonyl (C=O) groups is 1. The Bertz CT molecular complexity index is 605. The predicted molar refractivity (Wildman–Crippen MR) is 88.3 cm³/mol. The molecule has 0 aromatic carbocycles. The minimum absolute atomic E-state index is 0.317. The molecule has 0 radical (unpaired) electrons. The van der Waals surface area contributed by atoms with Crippen LogP contribution in [0.2, 0.25) is 0 Å². The third-order valence-electron chi connectivity index (χ3n) is 4.43. The maximum atomic E-state index is 11.8. The molecule has 2 fully saturated rings. The molecule has 1 aliphatic carbocycles. The number of nitrogens with two attached hydrogens (primary N) is 1. The van der Waals surface area contributed by atoms with Crippen molar-refractivity contribution < 1.29 is 9.53 Å². The van der Waals surface area contributed by atoms with E-state index in [0.717, 1.165) is 37.3 Å². The summed E-state index contributed by atoms with van der Waals surface area (Å²) in [5.74, 6) is 0.659. The predicted octanol–water partition coefficient (Wildman–Crippen LogP) is 2.05. The van der Waals surface area contributed by atoms with Gasteiger partial charge in [-0.2, -0.15) is 0 Å². The van der Waals surface area contributed by atoms with Crippen molar-refractivity contribution >= 4 is 11.9 Å². The highest BCUT2D eigenvalue weighted by Gasteiger charge is 2.30. The van der Waals surface area contributed by atoms with Gasteiger partial charge in [-0.1, -0.05) is 0 Å². The fraction of sp³-hybridized carbons (Fsp3) is 0.588. The van der Waals surface area contributed by atoms with Gasteiger partial charge in [-0.05, 0) is 44.2 Å². The monoisotopic (exact) mass is 316 g/mol. The zero-order valence-electron chi connectivity index (χ0n) is 13.6. The van der Waals surface area contributed by atoms with E-state index in [1.807, 2.05) is 6.07 Å². The molecule has 2 aliphatic rings. The second kappa shape index (κ2) is 6.98. The number of esters is 1. The minimum atomic E-state index is -0.317. The lowest BCUT2D eigenvalue weighted by Gasteiger charge is -2.27. The molecule has 6 heteroatoms. The summed E-state index contributed by atoms with van der Waals surface area (Å²) in [5.41, 5.74) is 8.35. The van der Waals surface area contributed by atoms with Gasteiger partial charge in [0.05, 0.1) is 30.6 Å². The van der Waals surface area contributed by atoms with Crippen LogP contribution in [0.5, 0.6) is 0 Å². The molecule has 0 spiro atoms. The molecule has 3 rings (SSSR count). The number of aliphatic imine (C=N–C) groups is 1. The van der Waals surface area contributed by atoms with E-state index < -0.39 is 0 Å². The van der Waals surface area contributed by atoms with Crippen molar-refractivity contribution in [2.75, 3.05) is 20.2 Å². The molecule has 0 amide bonds. The molecule has 23 heavy (non-hydrogen) atoms. The number of rotatable bonds is 4. The van der Waals surface area contributed by atoms with Crippen molar-refractivity contribution in [3.8, 4) is 0 Å². The van der Waals surface area contributed by atoms with E-state index in [2.05, 4.69) is 14.9 Å². The largest absolute Gasteiger partial charge is 0.465 e. The first-order valence-corrected chi connectivity index (χ1v) is 8.32. The van der Waals surface area contributed by atoms with Crippen LogP contribution in [0.15, 0.2) is 17.1 Å². The topological polar surface area (TPSA) is 80.8 Å². The molecule has 0 bridgehead atoms. The van der Waals surface area contributed by atoms with Crippen molar-refractivity contribution in [2.24, 2.45) is 10.7 Å². The summed E-state index contributed by atoms with van der Waals surface area (Å²) >= 11 is 0. The summed E-state index contributed by atoms with van der Waals surface area (Å²) in [4.78, 5) is 23.1. The normalized spacial score (nSPS) is 18.8. The van der Waals surface area contributed by atoms with Crippen molar-refractivity contribution in [3.05, 3.63) is 29.1 Å². The van der Waals surface area contributed by atoms with Crippen LogP contribution >= 0.6 is 0 Å². The molecule has 2 heterocycles. The van der Waals surface area contributed by atoms with Crippen LogP contribution in [0, 0.1) is 0 Å². The third kappa shape index (κ3) is 3.81. The SMILES string of the molecule is COC(=O)c1ccc(CN=C(N)N2CCCCC2)nc1C1CC1. The van der Waals surface area contributed by atoms with Crippen molar-refractivity contribution in [2.45, 2.75) is 44.6 Å². The van der Waals surface area contributed by atoms with Gasteiger partial charge >= 0.3 is 5.97 Å². The van der Waals surface area contributed by atoms with E-state index in [4.69, 9.17) is 10.5 Å². The third-order valence-corrected chi connectivity index (χ3v) is 4.43. The Morgan fingerprint density at radius 2 is 2.09 bits per heavy atom. The molecule has 1 aromatic rings. The van der Waals surface area contributed by atoms with Crippen LogP contribution in [0.4, 0.5) is 0 Å². The number of pyridine rings is 1. The summed E-state index contributed by atoms with van der Waals surface area (Å²) in [6.45, 7) is 2.41. The number of likely N-dealkylation sites (tertiary alicyclic amines) is 1. The number of guanidine groups is 1. The number of carbonyl (C=O) groups excluding carboxylic acids is 1. The van der Waals surface area contributed by atoms with Crippen LogP contribution in [-0.4, -0.2) is 42.0 Å². The molecule has 6 nitrogen and oxygen atoms in total. The van der Waals surface area contributed by atoms with E-state index in [-0.39, 0.29) is 5.97 Å². The average molecular weight is 316 g/mol. The molecule has 1 saturated carbocycles. The number of hydrogen-bond acceptors (Lipinski definition) is 4. The van der Waals surface area contributed by atoms with Crippen LogP contribution in [-0.2, 0) is 11.3 Å². The van der Waals surface area contributed by atoms with Crippen LogP contribution < -0.4 is 5.73 Å². The summed E-state index contributed by atoms with van der Waals surface area (Å²) in [6, 6.07) is 3.64. The summed E-state index contributed by atoms with van der Waals surface area (Å²) < 4.78 is 4.84. The number of methoxy groups -OCH3 is 1. The van der Waals surface area contributed by atoms with Gasteiger partial charge in [-0.15, -0.1) is 0 Å². The van der Waals surface area contributed by atoms with Gasteiger partial charge in [-0.3, -0.25) is 4.98 Å². The smallest absolute Gasteiger partial charge is 0.339 e. The second-order valence-electron chi connectivity index (χ2n) is 6.22. The Balaban J connectivity index is 1.72. The van der Waals surface area contributed by atoms with Gasteiger partial charge in [0.1, 0.15) is 0 Å². The Hall–Kier alpha value is -2.11. The molecular weight excluding hydrogens is 292 g/mol. The fourth-order valence-electron chi connectivity index (χ4n) is 2.94. The second-order valence-corrected chi connectivity index (χ2v) is 6.22. The Morgan fingerprint density at radius 3 is 2.74 bits per heavy atom. The van der Waals surface area contributed by atoms with Gasteiger partial charge in [0, 0.05) is 19.0 Å². The molecule has 1 aromatic heterocycles. The fourth-order valence-corrected chi connectivity index (χ4v) is 2.94. The Labute approximate surface area is 136 Å². The molecule has 1 saturated heterocycles. The highest BCUT2D eigenvalue weighted by atomic mass is 16.5. The zero-order valence-corrected chi connectivity index (χ0v) is 13.6. The van der Waals surface area contributed by atoms with Crippen molar-refractivity contribution in [1.29, 1.82) is 0 Å². The van der Waals surface area contributed by atoms with E-state index in [0.29, 0.717) is 24.0 Å². The van der Waals surface area contributed by atoms with Crippen molar-refractivity contribution in [3.63, 3.8) is 0 Å². The number of ether oxygens (including phenoxy) is 1. The Morgan fingerprint density at radius 1 is 1.35 bits per heavy atom. The van der Waals surface area contributed by atoms with Gasteiger partial charge in [0.15, 0.2) is 5.96 Å². The number of nitrogens with zero attached hydrogens (tertiary/aromatic N) is 3. The van der Waals surface area contributed by atoms with Gasteiger partial charge in [0.25, 0.3) is 0 Å². The molecular formula is C17H24N4O2. The van der Waals surface area contributed by atoms with Gasteiger partial charge in [0.2, 0.25) is 0 Å². The Kier molecular flexibility index (Phi) is 4.79. The first-order chi connectivity index (χ1) is 11.2. The summed E-state index contributed by atoms with van der Waals surface area (Å²) in [5, 5.41) is 0. The van der Waals surface area contributed by atoms with E-state index >= 15 is 0 Å². The van der Waals surface area contributed by atoms with E-state index in [1.54, 1.807) is 6.07 Å². The molecule has 2 N–H and O–H groups in total. The maximum absolute atomic E-state index is 11.8. The first-order valence-electron chi connectivity index (χ1n) is 8.32. The number of aromatic nitrogens is 1. The molecule has 124 valence electrons. The highest BCUT2D eigenvalue weighted by Crippen LogP contribution is 2.40. The van der Waals surface area contributed by atoms with Crippen LogP contribution in [0.1, 0.15) is 59.8 Å². The lowest BCUT2D eigenvalue weighted by atomic mass is 10.1. The van der Waals surface area contributed by atoms with Crippen molar-refractivity contribution in [1.82, 2.24) is 9.88 Å². The number of hydrogen-bond donors (Lipinski definition) is 1. The molecule has 0 atom stereocenters. The highest BCUT2D eigenvalue weighted by molar-refractivity contribution is 5.90. The lowest BCUT2D eigenvalue weighted by Crippen LogP contribution is -2.40. The van der Waals surface area contributed by atoms with Gasteiger partial charge < -0.3 is 15.4 Å². The lowest BCUT2D eigenvalue weighted by molar-refractivity contribution is 0.0598. The molecule has 0 unspecified atom stereocenters. The van der Waals surface area contributed by atoms with Crippen LogP contribution in [0.3, 0.4) is 0 Å². The summed E-state index contributed by atoms with van der Waals surface area (Å²) in [6.07, 6.45) is 5.78. The van der Waals surface area contributed by atoms with Crippen LogP contribution in [0.25, 0.3) is 0 Å². The zero-order chi connectivity index (χ0) is 16.2. The average Bonchev–Trinajstić information content (AvgIpc) is 3.44. The van der Waals surface area contributed by atoms with E-state index in [1.165, 1.54) is 26.4 Å². The quantitative estimate of drug-likeness (QED) is 0.522. The van der Waals surface area contributed by atoms with Gasteiger partial charge in [-0.25, -0.2) is 9.79 Å². The summed E-state index contributed by atoms with van der Waals surface area (Å²) in [7, 11) is 1.40. The number of piperidine rings is 1. The standard InChI is InChI=1S/C17H24N4O2/c1-23-16(22)14-8-7-13(20-15(14)12-5-6-12)11-19-17(18)21-9-3-2-4-10-21/h7-8,12H,2-6,9-11H2,1H3,(H2,18,19). The molecule has 1 aliphatic heterocycles. The minimum Gasteiger partial charge on any atom is -0.465 e. The maximum Gasteiger partial charge on any atom is 0.339 e. The first kappa shape index (κ1) is 15.8. The van der Waals surface area contributed by atoms with E-state index in [9.17, 15) is 4.79 Å².